The van der Waals surface area contributed by atoms with Gasteiger partial charge in [-0.3, -0.25) is 20.9 Å². The molecule has 0 bridgehead atoms. The van der Waals surface area contributed by atoms with Crippen molar-refractivity contribution in [1.82, 2.24) is 16.1 Å². The maximum absolute atomic E-state index is 11.9. The van der Waals surface area contributed by atoms with Gasteiger partial charge in [0, 0.05) is 12.0 Å². The molecule has 0 spiro atoms. The predicted octanol–water partition coefficient (Wildman–Crippen LogP) is -0.271. The number of rotatable bonds is 1. The number of imide groups is 1. The quantitative estimate of drug-likeness (QED) is 0.570. The first-order valence-electron chi connectivity index (χ1n) is 7.17. The summed E-state index contributed by atoms with van der Waals surface area (Å²) in [5.41, 5.74) is 4.75. The van der Waals surface area contributed by atoms with Gasteiger partial charge < -0.3 is 9.84 Å². The lowest BCUT2D eigenvalue weighted by molar-refractivity contribution is -0.121. The molecule has 1 aromatic carbocycles. The van der Waals surface area contributed by atoms with Crippen molar-refractivity contribution in [2.45, 2.75) is 25.3 Å². The van der Waals surface area contributed by atoms with Crippen LogP contribution < -0.4 is 20.8 Å². The van der Waals surface area contributed by atoms with Crippen molar-refractivity contribution in [1.29, 1.82) is 0 Å². The number of hydrogen-bond donors (Lipinski definition) is 4. The van der Waals surface area contributed by atoms with Gasteiger partial charge in [-0.05, 0) is 36.8 Å². The van der Waals surface area contributed by atoms with Gasteiger partial charge in [-0.2, -0.15) is 5.10 Å². The molecule has 0 radical (unpaired) electrons. The molecule has 23 heavy (non-hydrogen) atoms. The number of hydrazone groups is 1. The molecular weight excluding hydrogens is 300 g/mol. The van der Waals surface area contributed by atoms with Crippen molar-refractivity contribution >= 4 is 17.6 Å². The Morgan fingerprint density at radius 1 is 1.39 bits per heavy atom. The van der Waals surface area contributed by atoms with Gasteiger partial charge >= 0.3 is 6.03 Å². The number of fused-ring (bicyclic) bond motifs is 2. The highest BCUT2D eigenvalue weighted by Gasteiger charge is 2.44. The summed E-state index contributed by atoms with van der Waals surface area (Å²) < 4.78 is 5.66. The molecule has 0 aliphatic carbocycles. The van der Waals surface area contributed by atoms with Crippen LogP contribution in [-0.4, -0.2) is 34.7 Å². The second-order valence-corrected chi connectivity index (χ2v) is 5.74. The Balaban J connectivity index is 1.70. The van der Waals surface area contributed by atoms with Crippen molar-refractivity contribution in [3.8, 4) is 5.75 Å². The Kier molecular flexibility index (Phi) is 2.73. The van der Waals surface area contributed by atoms with Gasteiger partial charge in [-0.1, -0.05) is 0 Å². The molecule has 2 atom stereocenters. The molecule has 3 aliphatic heterocycles. The summed E-state index contributed by atoms with van der Waals surface area (Å²) in [7, 11) is 0. The van der Waals surface area contributed by atoms with Gasteiger partial charge in [0.1, 0.15) is 11.9 Å². The van der Waals surface area contributed by atoms with Crippen LogP contribution in [0.5, 0.6) is 5.75 Å². The third-order valence-corrected chi connectivity index (χ3v) is 3.97. The largest absolute Gasteiger partial charge is 0.490 e. The van der Waals surface area contributed by atoms with E-state index in [4.69, 9.17) is 4.74 Å². The number of ether oxygens (including phenoxy) is 1. The van der Waals surface area contributed by atoms with Gasteiger partial charge in [0.15, 0.2) is 0 Å². The minimum Gasteiger partial charge on any atom is -0.490 e. The molecule has 1 aromatic rings. The lowest BCUT2D eigenvalue weighted by atomic mass is 9.98. The first kappa shape index (κ1) is 13.8. The number of allylic oxidation sites excluding steroid dienone is 1. The molecule has 118 valence electrons. The molecule has 3 heterocycles. The molecule has 0 unspecified atom stereocenters. The first-order chi connectivity index (χ1) is 10.9. The van der Waals surface area contributed by atoms with Crippen LogP contribution in [0.1, 0.15) is 18.1 Å². The van der Waals surface area contributed by atoms with E-state index in [-0.39, 0.29) is 11.7 Å². The van der Waals surface area contributed by atoms with Crippen LogP contribution in [0, 0.1) is 0 Å². The summed E-state index contributed by atoms with van der Waals surface area (Å²) in [5, 5.41) is 18.7. The Hall–Kier alpha value is -2.87. The summed E-state index contributed by atoms with van der Waals surface area (Å²) in [4.78, 5) is 23.2. The standard InChI is InChI=1S/C15H14N4O4/c1-7-4-9-5-8(2-3-12(9)23-7)11-6-10-13(20)16-14(21)17-15(10,22)19-18-11/h2-3,5-7,19,22H,4H2,1H3,(H2,16,17,20,21)/t7-,15-/m1/s1. The van der Waals surface area contributed by atoms with Crippen LogP contribution in [0.25, 0.3) is 0 Å². The first-order valence-corrected chi connectivity index (χ1v) is 7.17. The topological polar surface area (TPSA) is 112 Å². The Morgan fingerprint density at radius 3 is 3.04 bits per heavy atom. The number of nitrogens with one attached hydrogen (secondary N) is 3. The van der Waals surface area contributed by atoms with Crippen molar-refractivity contribution in [3.05, 3.63) is 41.0 Å². The minimum atomic E-state index is -1.99. The minimum absolute atomic E-state index is 0.0211. The zero-order valence-corrected chi connectivity index (χ0v) is 12.2. The monoisotopic (exact) mass is 314 g/mol. The maximum Gasteiger partial charge on any atom is 0.325 e. The van der Waals surface area contributed by atoms with E-state index in [9.17, 15) is 14.7 Å². The fraction of sp³-hybridized carbons (Fsp3) is 0.267. The highest BCUT2D eigenvalue weighted by Crippen LogP contribution is 2.30. The number of amides is 3. The highest BCUT2D eigenvalue weighted by atomic mass is 16.5. The molecule has 4 rings (SSSR count). The molecule has 4 N–H and O–H groups in total. The fourth-order valence-corrected chi connectivity index (χ4v) is 2.90. The van der Waals surface area contributed by atoms with Crippen molar-refractivity contribution in [2.24, 2.45) is 5.10 Å². The van der Waals surface area contributed by atoms with Crippen LogP contribution in [0.2, 0.25) is 0 Å². The van der Waals surface area contributed by atoms with E-state index < -0.39 is 17.8 Å². The summed E-state index contributed by atoms with van der Waals surface area (Å²) in [6, 6.07) is 4.85. The molecule has 0 aromatic heterocycles. The summed E-state index contributed by atoms with van der Waals surface area (Å²) in [5.74, 6) is -1.82. The number of aliphatic hydroxyl groups is 1. The number of urea groups is 1. The van der Waals surface area contributed by atoms with E-state index in [0.29, 0.717) is 5.71 Å². The van der Waals surface area contributed by atoms with Crippen LogP contribution in [0.4, 0.5) is 4.79 Å². The third kappa shape index (κ3) is 2.15. The summed E-state index contributed by atoms with van der Waals surface area (Å²) in [6.45, 7) is 2.00. The van der Waals surface area contributed by atoms with Gasteiger partial charge in [0.2, 0.25) is 0 Å². The van der Waals surface area contributed by atoms with Gasteiger partial charge in [0.25, 0.3) is 11.8 Å². The number of nitrogens with zero attached hydrogens (tertiary/aromatic N) is 1. The van der Waals surface area contributed by atoms with Crippen LogP contribution >= 0.6 is 0 Å². The molecule has 1 saturated heterocycles. The fourth-order valence-electron chi connectivity index (χ4n) is 2.90. The molecule has 3 amide bonds. The average Bonchev–Trinajstić information content (AvgIpc) is 2.85. The molecule has 0 saturated carbocycles. The van der Waals surface area contributed by atoms with Gasteiger partial charge in [-0.15, -0.1) is 0 Å². The normalized spacial score (nSPS) is 28.3. The zero-order valence-electron chi connectivity index (χ0n) is 12.2. The molecular formula is C15H14N4O4. The van der Waals surface area contributed by atoms with Gasteiger partial charge in [-0.25, -0.2) is 4.79 Å². The van der Waals surface area contributed by atoms with E-state index in [1.54, 1.807) is 0 Å². The number of hydrogen-bond acceptors (Lipinski definition) is 6. The molecule has 8 heteroatoms. The number of carbonyl (C=O) groups excluding carboxylic acids is 2. The van der Waals surface area contributed by atoms with Crippen molar-refractivity contribution in [2.75, 3.05) is 0 Å². The van der Waals surface area contributed by atoms with Gasteiger partial charge in [0.05, 0.1) is 11.3 Å². The smallest absolute Gasteiger partial charge is 0.325 e. The molecule has 3 aliphatic rings. The highest BCUT2D eigenvalue weighted by molar-refractivity contribution is 6.17. The Morgan fingerprint density at radius 2 is 2.22 bits per heavy atom. The number of carbonyl (C=O) groups is 2. The number of benzene rings is 1. The lowest BCUT2D eigenvalue weighted by Crippen LogP contribution is -2.69. The van der Waals surface area contributed by atoms with E-state index in [1.807, 2.05) is 25.1 Å². The average molecular weight is 314 g/mol. The predicted molar refractivity (Wildman–Crippen MR) is 79.6 cm³/mol. The van der Waals surface area contributed by atoms with E-state index in [0.717, 1.165) is 23.3 Å². The Labute approximate surface area is 131 Å². The van der Waals surface area contributed by atoms with E-state index in [2.05, 4.69) is 21.2 Å². The second-order valence-electron chi connectivity index (χ2n) is 5.74. The third-order valence-electron chi connectivity index (χ3n) is 3.97. The molecule has 1 fully saturated rings. The van der Waals surface area contributed by atoms with Crippen LogP contribution in [0.15, 0.2) is 34.9 Å². The van der Waals surface area contributed by atoms with E-state index in [1.165, 1.54) is 6.08 Å². The summed E-state index contributed by atoms with van der Waals surface area (Å²) in [6.07, 6.45) is 2.39. The molecule has 8 nitrogen and oxygen atoms in total. The van der Waals surface area contributed by atoms with Crippen LogP contribution in [0.3, 0.4) is 0 Å². The van der Waals surface area contributed by atoms with Crippen molar-refractivity contribution in [3.63, 3.8) is 0 Å². The SMILES string of the molecule is C[C@@H]1Cc2cc(C3=NN[C@]4(O)NC(=O)NC(=O)C4=C3)ccc2O1. The zero-order chi connectivity index (χ0) is 16.2. The lowest BCUT2D eigenvalue weighted by Gasteiger charge is -2.36. The van der Waals surface area contributed by atoms with Crippen LogP contribution in [-0.2, 0) is 11.2 Å². The Bertz CT molecular complexity index is 801. The van der Waals surface area contributed by atoms with E-state index >= 15 is 0 Å². The second kappa shape index (κ2) is 4.56. The summed E-state index contributed by atoms with van der Waals surface area (Å²) >= 11 is 0. The van der Waals surface area contributed by atoms with Crippen molar-refractivity contribution < 1.29 is 19.4 Å². The maximum atomic E-state index is 11.9.